The molecule has 1 unspecified atom stereocenters. The maximum atomic E-state index is 12.5. The molecule has 0 saturated heterocycles. The first-order valence-electron chi connectivity index (χ1n) is 8.31. The highest BCUT2D eigenvalue weighted by Crippen LogP contribution is 2.29. The molecule has 0 spiro atoms. The summed E-state index contributed by atoms with van der Waals surface area (Å²) in [4.78, 5) is 31.5. The number of hydrogen-bond acceptors (Lipinski definition) is 6. The summed E-state index contributed by atoms with van der Waals surface area (Å²) in [7, 11) is 1.52. The molecule has 1 aromatic carbocycles. The van der Waals surface area contributed by atoms with Crippen LogP contribution in [0.1, 0.15) is 26.5 Å². The van der Waals surface area contributed by atoms with Gasteiger partial charge in [-0.15, -0.1) is 0 Å². The molecule has 1 aromatic heterocycles. The molecule has 27 heavy (non-hydrogen) atoms. The van der Waals surface area contributed by atoms with E-state index in [1.165, 1.54) is 24.9 Å². The van der Waals surface area contributed by atoms with E-state index in [0.717, 1.165) is 0 Å². The van der Waals surface area contributed by atoms with Crippen LogP contribution in [0.4, 0.5) is 5.69 Å². The Labute approximate surface area is 171 Å². The van der Waals surface area contributed by atoms with Crippen molar-refractivity contribution >= 4 is 46.7 Å². The normalized spacial score (nSPS) is 12.1. The van der Waals surface area contributed by atoms with Crippen LogP contribution in [-0.2, 0) is 10.5 Å². The van der Waals surface area contributed by atoms with E-state index in [2.05, 4.69) is 29.1 Å². The topological polar surface area (TPSA) is 84.1 Å². The molecule has 0 aliphatic heterocycles. The maximum absolute atomic E-state index is 12.5. The Kier molecular flexibility index (Phi) is 8.07. The minimum atomic E-state index is -0.482. The van der Waals surface area contributed by atoms with Gasteiger partial charge in [0.1, 0.15) is 5.75 Å². The number of ether oxygens (including phenoxy) is 1. The van der Waals surface area contributed by atoms with Crippen LogP contribution in [0.3, 0.4) is 0 Å². The zero-order valence-electron chi connectivity index (χ0n) is 15.5. The Hall–Kier alpha value is -1.64. The summed E-state index contributed by atoms with van der Waals surface area (Å²) in [6, 6.07) is 6.48. The Morgan fingerprint density at radius 2 is 2.07 bits per heavy atom. The first-order valence-corrected chi connectivity index (χ1v) is 10.6. The van der Waals surface area contributed by atoms with Crippen LogP contribution in [-0.4, -0.2) is 33.5 Å². The van der Waals surface area contributed by atoms with Crippen molar-refractivity contribution < 1.29 is 9.53 Å². The van der Waals surface area contributed by atoms with Crippen LogP contribution in [0.25, 0.3) is 0 Å². The molecular weight excluding hydrogens is 406 g/mol. The zero-order chi connectivity index (χ0) is 20.0. The van der Waals surface area contributed by atoms with Gasteiger partial charge in [-0.1, -0.05) is 37.2 Å². The fourth-order valence-corrected chi connectivity index (χ4v) is 3.75. The molecule has 0 bridgehead atoms. The van der Waals surface area contributed by atoms with E-state index in [1.807, 2.05) is 0 Å². The molecule has 0 aliphatic rings. The second-order valence-corrected chi connectivity index (χ2v) is 9.33. The first-order chi connectivity index (χ1) is 12.8. The van der Waals surface area contributed by atoms with Crippen molar-refractivity contribution in [1.82, 2.24) is 9.97 Å². The lowest BCUT2D eigenvalue weighted by atomic mass is 10.3. The molecule has 2 aromatic rings. The van der Waals surface area contributed by atoms with Crippen LogP contribution >= 0.6 is 35.1 Å². The fraction of sp³-hybridized carbons (Fsp3) is 0.389. The SMILES string of the molecule is COc1ccc(Cl)cc1NC(=O)C(C)Sc1nc(CSC(C)C)cc(=O)[nH]1. The van der Waals surface area contributed by atoms with E-state index in [9.17, 15) is 9.59 Å². The Morgan fingerprint density at radius 1 is 1.33 bits per heavy atom. The average Bonchev–Trinajstić information content (AvgIpc) is 2.59. The number of aromatic amines is 1. The molecule has 1 amide bonds. The monoisotopic (exact) mass is 427 g/mol. The molecule has 9 heteroatoms. The number of amides is 1. The largest absolute Gasteiger partial charge is 0.495 e. The molecule has 2 N–H and O–H groups in total. The molecule has 0 aliphatic carbocycles. The number of benzene rings is 1. The number of H-pyrrole nitrogens is 1. The summed E-state index contributed by atoms with van der Waals surface area (Å²) < 4.78 is 5.23. The summed E-state index contributed by atoms with van der Waals surface area (Å²) in [6.07, 6.45) is 0. The average molecular weight is 428 g/mol. The van der Waals surface area contributed by atoms with Crippen molar-refractivity contribution in [3.05, 3.63) is 45.3 Å². The van der Waals surface area contributed by atoms with Crippen molar-refractivity contribution in [2.75, 3.05) is 12.4 Å². The minimum absolute atomic E-state index is 0.226. The number of hydrogen-bond donors (Lipinski definition) is 2. The van der Waals surface area contributed by atoms with Crippen LogP contribution in [0.15, 0.2) is 34.2 Å². The second kappa shape index (κ2) is 10.1. The molecule has 0 saturated carbocycles. The van der Waals surface area contributed by atoms with Crippen LogP contribution in [0.5, 0.6) is 5.75 Å². The van der Waals surface area contributed by atoms with Crippen molar-refractivity contribution in [2.45, 2.75) is 42.2 Å². The summed E-state index contributed by atoms with van der Waals surface area (Å²) in [5.41, 5.74) is 0.964. The van der Waals surface area contributed by atoms with E-state index < -0.39 is 5.25 Å². The smallest absolute Gasteiger partial charge is 0.251 e. The summed E-state index contributed by atoms with van der Waals surface area (Å²) in [5.74, 6) is 0.921. The highest BCUT2D eigenvalue weighted by Gasteiger charge is 2.18. The van der Waals surface area contributed by atoms with Crippen LogP contribution in [0, 0.1) is 0 Å². The molecule has 146 valence electrons. The lowest BCUT2D eigenvalue weighted by Crippen LogP contribution is -2.23. The highest BCUT2D eigenvalue weighted by atomic mass is 35.5. The molecular formula is C18H22ClN3O3S2. The molecule has 2 rings (SSSR count). The Morgan fingerprint density at radius 3 is 2.74 bits per heavy atom. The third-order valence-corrected chi connectivity index (χ3v) is 5.76. The lowest BCUT2D eigenvalue weighted by Gasteiger charge is -2.14. The van der Waals surface area contributed by atoms with Gasteiger partial charge in [0, 0.05) is 16.8 Å². The van der Waals surface area contributed by atoms with Gasteiger partial charge in [-0.2, -0.15) is 11.8 Å². The first kappa shape index (κ1) is 21.7. The lowest BCUT2D eigenvalue weighted by molar-refractivity contribution is -0.115. The van der Waals surface area contributed by atoms with Crippen LogP contribution in [0.2, 0.25) is 5.02 Å². The van der Waals surface area contributed by atoms with Crippen molar-refractivity contribution in [1.29, 1.82) is 0 Å². The molecule has 1 heterocycles. The summed E-state index contributed by atoms with van der Waals surface area (Å²) in [6.45, 7) is 5.92. The number of carbonyl (C=O) groups excluding carboxylic acids is 1. The summed E-state index contributed by atoms with van der Waals surface area (Å²) >= 11 is 8.88. The number of anilines is 1. The van der Waals surface area contributed by atoms with E-state index in [4.69, 9.17) is 16.3 Å². The third kappa shape index (κ3) is 6.79. The summed E-state index contributed by atoms with van der Waals surface area (Å²) in [5, 5.41) is 3.67. The van der Waals surface area contributed by atoms with Gasteiger partial charge >= 0.3 is 0 Å². The number of aromatic nitrogens is 2. The number of carbonyl (C=O) groups is 1. The van der Waals surface area contributed by atoms with Gasteiger partial charge in [0.2, 0.25) is 5.91 Å². The quantitative estimate of drug-likeness (QED) is 0.485. The van der Waals surface area contributed by atoms with Crippen molar-refractivity contribution in [3.8, 4) is 5.75 Å². The highest BCUT2D eigenvalue weighted by molar-refractivity contribution is 8.00. The second-order valence-electron chi connectivity index (χ2n) is 6.00. The predicted octanol–water partition coefficient (Wildman–Crippen LogP) is 4.19. The van der Waals surface area contributed by atoms with Gasteiger partial charge in [-0.05, 0) is 30.4 Å². The van der Waals surface area contributed by atoms with Gasteiger partial charge in [0.05, 0.1) is 23.7 Å². The fourth-order valence-electron chi connectivity index (χ4n) is 2.10. The maximum Gasteiger partial charge on any atom is 0.251 e. The molecule has 6 nitrogen and oxygen atoms in total. The van der Waals surface area contributed by atoms with E-state index in [0.29, 0.717) is 38.3 Å². The van der Waals surface area contributed by atoms with Crippen LogP contribution < -0.4 is 15.6 Å². The van der Waals surface area contributed by atoms with Crippen molar-refractivity contribution in [2.24, 2.45) is 0 Å². The Balaban J connectivity index is 2.08. The number of halogens is 1. The number of methoxy groups -OCH3 is 1. The predicted molar refractivity (Wildman–Crippen MR) is 113 cm³/mol. The Bertz CT molecular complexity index is 858. The number of thioether (sulfide) groups is 2. The van der Waals surface area contributed by atoms with Gasteiger partial charge in [0.25, 0.3) is 5.56 Å². The minimum Gasteiger partial charge on any atom is -0.495 e. The number of nitrogens with one attached hydrogen (secondary N) is 2. The molecule has 1 atom stereocenters. The van der Waals surface area contributed by atoms with E-state index in [1.54, 1.807) is 36.9 Å². The van der Waals surface area contributed by atoms with E-state index in [-0.39, 0.29) is 11.5 Å². The number of nitrogens with zero attached hydrogens (tertiary/aromatic N) is 1. The number of rotatable bonds is 8. The van der Waals surface area contributed by atoms with Gasteiger partial charge in [-0.25, -0.2) is 4.98 Å². The van der Waals surface area contributed by atoms with Crippen molar-refractivity contribution in [3.63, 3.8) is 0 Å². The van der Waals surface area contributed by atoms with Gasteiger partial charge in [-0.3, -0.25) is 9.59 Å². The zero-order valence-corrected chi connectivity index (χ0v) is 17.9. The molecule has 0 fully saturated rings. The third-order valence-electron chi connectivity index (χ3n) is 3.41. The van der Waals surface area contributed by atoms with E-state index >= 15 is 0 Å². The van der Waals surface area contributed by atoms with Gasteiger partial charge < -0.3 is 15.0 Å². The molecule has 0 radical (unpaired) electrons. The standard InChI is InChI=1S/C18H22ClN3O3S2/c1-10(2)26-9-13-8-16(23)22-18(20-13)27-11(3)17(24)21-14-7-12(19)5-6-15(14)25-4/h5-8,10-11H,9H2,1-4H3,(H,21,24)(H,20,22,23). The van der Waals surface area contributed by atoms with Gasteiger partial charge in [0.15, 0.2) is 5.16 Å².